The van der Waals surface area contributed by atoms with Gasteiger partial charge in [-0.2, -0.15) is 8.78 Å². The minimum atomic E-state index is -2.88. The number of amides is 2. The number of ether oxygens (including phenoxy) is 1. The monoisotopic (exact) mass is 408 g/mol. The van der Waals surface area contributed by atoms with Crippen molar-refractivity contribution in [3.05, 3.63) is 65.5 Å². The van der Waals surface area contributed by atoms with Gasteiger partial charge in [-0.25, -0.2) is 4.39 Å². The summed E-state index contributed by atoms with van der Waals surface area (Å²) in [5.41, 5.74) is 1.10. The Labute approximate surface area is 167 Å². The fourth-order valence-electron chi connectivity index (χ4n) is 2.64. The van der Waals surface area contributed by atoms with Gasteiger partial charge in [0.15, 0.2) is 0 Å². The van der Waals surface area contributed by atoms with Gasteiger partial charge in [0, 0.05) is 12.1 Å². The third kappa shape index (κ3) is 7.14. The molecule has 29 heavy (non-hydrogen) atoms. The molecule has 1 atom stereocenters. The SMILES string of the molecule is CC(C)C(NC(=O)c1ccc(F)cc1)C(=O)NCCc1ccc(OC(F)F)cc1. The van der Waals surface area contributed by atoms with Crippen molar-refractivity contribution >= 4 is 11.8 Å². The Kier molecular flexibility index (Phi) is 8.06. The number of rotatable bonds is 9. The number of benzene rings is 2. The summed E-state index contributed by atoms with van der Waals surface area (Å²) in [7, 11) is 0. The summed E-state index contributed by atoms with van der Waals surface area (Å²) in [5.74, 6) is -1.35. The van der Waals surface area contributed by atoms with Gasteiger partial charge in [0.2, 0.25) is 5.91 Å². The highest BCUT2D eigenvalue weighted by molar-refractivity contribution is 5.97. The first-order chi connectivity index (χ1) is 13.8. The molecular weight excluding hydrogens is 385 g/mol. The quantitative estimate of drug-likeness (QED) is 0.667. The van der Waals surface area contributed by atoms with Gasteiger partial charge in [-0.15, -0.1) is 0 Å². The predicted molar refractivity (Wildman–Crippen MR) is 102 cm³/mol. The molecule has 5 nitrogen and oxygen atoms in total. The molecule has 0 spiro atoms. The van der Waals surface area contributed by atoms with E-state index in [0.717, 1.165) is 5.56 Å². The van der Waals surface area contributed by atoms with Crippen LogP contribution in [0.1, 0.15) is 29.8 Å². The van der Waals surface area contributed by atoms with Crippen molar-refractivity contribution in [2.24, 2.45) is 5.92 Å². The molecule has 0 aliphatic rings. The molecule has 0 aliphatic heterocycles. The summed E-state index contributed by atoms with van der Waals surface area (Å²) in [4.78, 5) is 24.8. The first kappa shape index (κ1) is 22.3. The van der Waals surface area contributed by atoms with Gasteiger partial charge in [0.25, 0.3) is 5.91 Å². The van der Waals surface area contributed by atoms with Crippen LogP contribution in [0.5, 0.6) is 5.75 Å². The third-order valence-corrected chi connectivity index (χ3v) is 4.20. The standard InChI is InChI=1S/C21H23F3N2O3/c1-13(2)18(26-19(27)15-5-7-16(22)8-6-15)20(28)25-12-11-14-3-9-17(10-4-14)29-21(23)24/h3-10,13,18,21H,11-12H2,1-2H3,(H,25,28)(H,26,27). The van der Waals surface area contributed by atoms with Gasteiger partial charge in [-0.3, -0.25) is 9.59 Å². The van der Waals surface area contributed by atoms with E-state index in [4.69, 9.17) is 0 Å². The molecule has 1 unspecified atom stereocenters. The van der Waals surface area contributed by atoms with E-state index < -0.39 is 24.4 Å². The largest absolute Gasteiger partial charge is 0.435 e. The van der Waals surface area contributed by atoms with Crippen molar-refractivity contribution < 1.29 is 27.5 Å². The Morgan fingerprint density at radius 3 is 2.17 bits per heavy atom. The van der Waals surface area contributed by atoms with E-state index in [0.29, 0.717) is 13.0 Å². The smallest absolute Gasteiger partial charge is 0.387 e. The molecule has 0 radical (unpaired) electrons. The molecule has 0 saturated carbocycles. The van der Waals surface area contributed by atoms with E-state index in [2.05, 4.69) is 15.4 Å². The summed E-state index contributed by atoms with van der Waals surface area (Å²) < 4.78 is 41.6. The van der Waals surface area contributed by atoms with Crippen LogP contribution < -0.4 is 15.4 Å². The van der Waals surface area contributed by atoms with Crippen molar-refractivity contribution in [1.82, 2.24) is 10.6 Å². The van der Waals surface area contributed by atoms with Crippen molar-refractivity contribution in [3.8, 4) is 5.75 Å². The highest BCUT2D eigenvalue weighted by Crippen LogP contribution is 2.15. The van der Waals surface area contributed by atoms with Crippen molar-refractivity contribution in [2.45, 2.75) is 32.9 Å². The van der Waals surface area contributed by atoms with Gasteiger partial charge in [-0.05, 0) is 54.3 Å². The van der Waals surface area contributed by atoms with Crippen LogP contribution >= 0.6 is 0 Å². The lowest BCUT2D eigenvalue weighted by molar-refractivity contribution is -0.123. The van der Waals surface area contributed by atoms with E-state index in [-0.39, 0.29) is 23.1 Å². The van der Waals surface area contributed by atoms with E-state index in [9.17, 15) is 22.8 Å². The van der Waals surface area contributed by atoms with E-state index in [1.807, 2.05) is 0 Å². The molecule has 2 aromatic rings. The number of halogens is 3. The number of nitrogens with one attached hydrogen (secondary N) is 2. The summed E-state index contributed by atoms with van der Waals surface area (Å²) in [5, 5.41) is 5.43. The Morgan fingerprint density at radius 2 is 1.62 bits per heavy atom. The maximum Gasteiger partial charge on any atom is 0.387 e. The zero-order valence-corrected chi connectivity index (χ0v) is 16.1. The van der Waals surface area contributed by atoms with E-state index in [1.54, 1.807) is 26.0 Å². The lowest BCUT2D eigenvalue weighted by Crippen LogP contribution is -2.50. The van der Waals surface area contributed by atoms with E-state index in [1.165, 1.54) is 36.4 Å². The summed E-state index contributed by atoms with van der Waals surface area (Å²) >= 11 is 0. The molecule has 2 aromatic carbocycles. The fraction of sp³-hybridized carbons (Fsp3) is 0.333. The van der Waals surface area contributed by atoms with Crippen molar-refractivity contribution in [1.29, 1.82) is 0 Å². The molecule has 2 N–H and O–H groups in total. The van der Waals surface area contributed by atoms with Gasteiger partial charge < -0.3 is 15.4 Å². The Morgan fingerprint density at radius 1 is 1.00 bits per heavy atom. The highest BCUT2D eigenvalue weighted by Gasteiger charge is 2.24. The van der Waals surface area contributed by atoms with Crippen LogP contribution in [0, 0.1) is 11.7 Å². The molecule has 156 valence electrons. The average molecular weight is 408 g/mol. The Balaban J connectivity index is 1.87. The molecule has 0 aromatic heterocycles. The van der Waals surface area contributed by atoms with Crippen LogP contribution in [-0.2, 0) is 11.2 Å². The maximum absolute atomic E-state index is 13.0. The number of carbonyl (C=O) groups excluding carboxylic acids is 2. The fourth-order valence-corrected chi connectivity index (χ4v) is 2.64. The van der Waals surface area contributed by atoms with Gasteiger partial charge in [-0.1, -0.05) is 26.0 Å². The zero-order chi connectivity index (χ0) is 21.4. The predicted octanol–water partition coefficient (Wildman–Crippen LogP) is 3.54. The molecule has 2 amide bonds. The average Bonchev–Trinajstić information content (AvgIpc) is 2.67. The topological polar surface area (TPSA) is 67.4 Å². The second-order valence-corrected chi connectivity index (χ2v) is 6.77. The third-order valence-electron chi connectivity index (χ3n) is 4.20. The van der Waals surface area contributed by atoms with Gasteiger partial charge >= 0.3 is 6.61 Å². The number of carbonyl (C=O) groups is 2. The first-order valence-corrected chi connectivity index (χ1v) is 9.14. The minimum absolute atomic E-state index is 0.0659. The molecule has 2 rings (SSSR count). The molecular formula is C21H23F3N2O3. The highest BCUT2D eigenvalue weighted by atomic mass is 19.3. The Hall–Kier alpha value is -3.03. The van der Waals surface area contributed by atoms with Gasteiger partial charge in [0.05, 0.1) is 0 Å². The van der Waals surface area contributed by atoms with Crippen molar-refractivity contribution in [3.63, 3.8) is 0 Å². The normalized spacial score (nSPS) is 12.0. The molecule has 0 bridgehead atoms. The van der Waals surface area contributed by atoms with Crippen LogP contribution in [-0.4, -0.2) is 31.0 Å². The second kappa shape index (κ2) is 10.5. The van der Waals surface area contributed by atoms with Crippen molar-refractivity contribution in [2.75, 3.05) is 6.54 Å². The van der Waals surface area contributed by atoms with Crippen LogP contribution in [0.4, 0.5) is 13.2 Å². The summed E-state index contributed by atoms with van der Waals surface area (Å²) in [6.45, 7) is 1.04. The lowest BCUT2D eigenvalue weighted by Gasteiger charge is -2.22. The number of hydrogen-bond donors (Lipinski definition) is 2. The van der Waals surface area contributed by atoms with E-state index >= 15 is 0 Å². The first-order valence-electron chi connectivity index (χ1n) is 9.14. The molecule has 8 heteroatoms. The summed E-state index contributed by atoms with van der Waals surface area (Å²) in [6.07, 6.45) is 0.484. The van der Waals surface area contributed by atoms with Crippen LogP contribution in [0.2, 0.25) is 0 Å². The minimum Gasteiger partial charge on any atom is -0.435 e. The molecule has 0 fully saturated rings. The zero-order valence-electron chi connectivity index (χ0n) is 16.1. The Bertz CT molecular complexity index is 809. The molecule has 0 heterocycles. The lowest BCUT2D eigenvalue weighted by atomic mass is 10.0. The second-order valence-electron chi connectivity index (χ2n) is 6.77. The number of hydrogen-bond acceptors (Lipinski definition) is 3. The summed E-state index contributed by atoms with van der Waals surface area (Å²) in [6, 6.07) is 10.4. The molecule has 0 aliphatic carbocycles. The van der Waals surface area contributed by atoms with Gasteiger partial charge in [0.1, 0.15) is 17.6 Å². The van der Waals surface area contributed by atoms with Crippen LogP contribution in [0.25, 0.3) is 0 Å². The maximum atomic E-state index is 13.0. The van der Waals surface area contributed by atoms with Crippen LogP contribution in [0.15, 0.2) is 48.5 Å². The molecule has 0 saturated heterocycles. The number of alkyl halides is 2. The van der Waals surface area contributed by atoms with Crippen LogP contribution in [0.3, 0.4) is 0 Å².